The lowest BCUT2D eigenvalue weighted by Crippen LogP contribution is -1.90. The van der Waals surface area contributed by atoms with E-state index in [2.05, 4.69) is 10.2 Å². The number of ether oxygens (including phenoxy) is 1. The molecule has 2 aromatic rings. The van der Waals surface area contributed by atoms with Crippen molar-refractivity contribution in [1.29, 1.82) is 0 Å². The lowest BCUT2D eigenvalue weighted by Gasteiger charge is -2.08. The van der Waals surface area contributed by atoms with Gasteiger partial charge in [-0.1, -0.05) is 11.6 Å². The van der Waals surface area contributed by atoms with Gasteiger partial charge in [-0.3, -0.25) is 5.10 Å². The number of nitrogens with one attached hydrogen (secondary N) is 1. The van der Waals surface area contributed by atoms with E-state index in [-0.39, 0.29) is 0 Å². The summed E-state index contributed by atoms with van der Waals surface area (Å²) < 4.78 is 5.19. The lowest BCUT2D eigenvalue weighted by molar-refractivity contribution is 0.412. The van der Waals surface area contributed by atoms with Crippen molar-refractivity contribution in [1.82, 2.24) is 10.2 Å². The number of benzene rings is 1. The summed E-state index contributed by atoms with van der Waals surface area (Å²) in [5.74, 6) is 1.15. The van der Waals surface area contributed by atoms with Crippen molar-refractivity contribution in [3.8, 4) is 17.0 Å². The summed E-state index contributed by atoms with van der Waals surface area (Å²) in [7, 11) is 1.60. The number of anilines is 1. The molecule has 0 unspecified atom stereocenters. The fourth-order valence-corrected chi connectivity index (χ4v) is 1.97. The van der Waals surface area contributed by atoms with Crippen LogP contribution in [0.15, 0.2) is 18.2 Å². The number of nitrogens with two attached hydrogens (primary N) is 1. The predicted octanol–water partition coefficient (Wildman–Crippen LogP) is 2.63. The number of nitrogens with zero attached hydrogens (tertiary/aromatic N) is 1. The van der Waals surface area contributed by atoms with Gasteiger partial charge in [-0.05, 0) is 24.6 Å². The minimum absolute atomic E-state index is 0.458. The van der Waals surface area contributed by atoms with Crippen molar-refractivity contribution in [2.24, 2.45) is 0 Å². The average Bonchev–Trinajstić information content (AvgIpc) is 2.64. The zero-order valence-electron chi connectivity index (χ0n) is 9.04. The number of aromatic amines is 1. The summed E-state index contributed by atoms with van der Waals surface area (Å²) in [6.45, 7) is 1.94. The molecule has 0 amide bonds. The number of aryl methyl sites for hydroxylation is 1. The smallest absolute Gasteiger partial charge is 0.145 e. The van der Waals surface area contributed by atoms with E-state index in [1.165, 1.54) is 0 Å². The van der Waals surface area contributed by atoms with Crippen LogP contribution < -0.4 is 10.5 Å². The molecule has 0 aliphatic carbocycles. The Hall–Kier alpha value is -1.68. The van der Waals surface area contributed by atoms with Crippen molar-refractivity contribution in [3.63, 3.8) is 0 Å². The van der Waals surface area contributed by atoms with Crippen molar-refractivity contribution in [2.75, 3.05) is 12.8 Å². The van der Waals surface area contributed by atoms with Crippen molar-refractivity contribution < 1.29 is 4.74 Å². The maximum atomic E-state index is 6.10. The highest BCUT2D eigenvalue weighted by molar-refractivity contribution is 6.32. The van der Waals surface area contributed by atoms with Crippen LogP contribution in [0.25, 0.3) is 11.3 Å². The topological polar surface area (TPSA) is 63.9 Å². The second kappa shape index (κ2) is 4.06. The van der Waals surface area contributed by atoms with Gasteiger partial charge in [0.1, 0.15) is 11.6 Å². The quantitative estimate of drug-likeness (QED) is 0.844. The molecule has 1 aromatic carbocycles. The van der Waals surface area contributed by atoms with Crippen molar-refractivity contribution in [3.05, 3.63) is 28.8 Å². The number of halogens is 1. The second-order valence-electron chi connectivity index (χ2n) is 3.51. The highest BCUT2D eigenvalue weighted by Crippen LogP contribution is 2.33. The highest BCUT2D eigenvalue weighted by atomic mass is 35.5. The molecule has 4 nitrogen and oxygen atoms in total. The van der Waals surface area contributed by atoms with E-state index in [1.807, 2.05) is 19.1 Å². The molecule has 0 aliphatic heterocycles. The summed E-state index contributed by atoms with van der Waals surface area (Å²) >= 11 is 6.10. The van der Waals surface area contributed by atoms with Gasteiger partial charge in [0.05, 0.1) is 17.8 Å². The molecule has 16 heavy (non-hydrogen) atoms. The van der Waals surface area contributed by atoms with Gasteiger partial charge >= 0.3 is 0 Å². The highest BCUT2D eigenvalue weighted by Gasteiger charge is 2.09. The van der Waals surface area contributed by atoms with Gasteiger partial charge in [0, 0.05) is 11.6 Å². The Balaban J connectivity index is 2.52. The Morgan fingerprint density at radius 3 is 2.62 bits per heavy atom. The molecule has 1 aromatic heterocycles. The lowest BCUT2D eigenvalue weighted by atomic mass is 10.1. The van der Waals surface area contributed by atoms with Gasteiger partial charge in [-0.25, -0.2) is 0 Å². The van der Waals surface area contributed by atoms with Crippen molar-refractivity contribution in [2.45, 2.75) is 6.92 Å². The standard InChI is InChI=1S/C11H12ClN3O/c1-6-3-7(4-8(12)11(6)16-2)9-5-10(13)15-14-9/h3-5H,1-2H3,(H3,13,14,15). The summed E-state index contributed by atoms with van der Waals surface area (Å²) in [6, 6.07) is 5.55. The summed E-state index contributed by atoms with van der Waals surface area (Å²) in [4.78, 5) is 0. The predicted molar refractivity (Wildman–Crippen MR) is 64.7 cm³/mol. The van der Waals surface area contributed by atoms with Gasteiger partial charge in [0.15, 0.2) is 0 Å². The second-order valence-corrected chi connectivity index (χ2v) is 3.92. The monoisotopic (exact) mass is 237 g/mol. The molecule has 2 rings (SSSR count). The summed E-state index contributed by atoms with van der Waals surface area (Å²) in [5, 5.41) is 7.29. The number of nitrogen functional groups attached to an aromatic ring is 1. The third-order valence-electron chi connectivity index (χ3n) is 2.34. The molecule has 1 heterocycles. The molecule has 0 atom stereocenters. The first-order valence-electron chi connectivity index (χ1n) is 4.77. The average molecular weight is 238 g/mol. The summed E-state index contributed by atoms with van der Waals surface area (Å²) in [5.41, 5.74) is 8.29. The van der Waals surface area contributed by atoms with Crippen LogP contribution in [0.3, 0.4) is 0 Å². The van der Waals surface area contributed by atoms with Gasteiger partial charge in [-0.15, -0.1) is 0 Å². The molecule has 3 N–H and O–H groups in total. The number of H-pyrrole nitrogens is 1. The maximum Gasteiger partial charge on any atom is 0.145 e. The van der Waals surface area contributed by atoms with Gasteiger partial charge in [-0.2, -0.15) is 5.10 Å². The molecule has 0 bridgehead atoms. The van der Waals surface area contributed by atoms with E-state index in [4.69, 9.17) is 22.1 Å². The SMILES string of the molecule is COc1c(C)cc(-c2cc(N)n[nH]2)cc1Cl. The molecule has 0 fully saturated rings. The minimum Gasteiger partial charge on any atom is -0.495 e. The third-order valence-corrected chi connectivity index (χ3v) is 2.62. The molecule has 5 heteroatoms. The van der Waals surface area contributed by atoms with Crippen LogP contribution in [0.1, 0.15) is 5.56 Å². The van der Waals surface area contributed by atoms with Crippen LogP contribution in [-0.2, 0) is 0 Å². The Labute approximate surface area is 98.4 Å². The summed E-state index contributed by atoms with van der Waals surface area (Å²) in [6.07, 6.45) is 0. The zero-order chi connectivity index (χ0) is 11.7. The van der Waals surface area contributed by atoms with Gasteiger partial charge in [0.2, 0.25) is 0 Å². The number of hydrogen-bond acceptors (Lipinski definition) is 3. The van der Waals surface area contributed by atoms with E-state index < -0.39 is 0 Å². The Morgan fingerprint density at radius 1 is 1.38 bits per heavy atom. The molecular weight excluding hydrogens is 226 g/mol. The van der Waals surface area contributed by atoms with Crippen LogP contribution >= 0.6 is 11.6 Å². The first-order valence-corrected chi connectivity index (χ1v) is 5.15. The minimum atomic E-state index is 0.458. The van der Waals surface area contributed by atoms with Crippen LogP contribution in [-0.4, -0.2) is 17.3 Å². The fraction of sp³-hybridized carbons (Fsp3) is 0.182. The van der Waals surface area contributed by atoms with Gasteiger partial charge < -0.3 is 10.5 Å². The Kier molecular flexibility index (Phi) is 2.75. The van der Waals surface area contributed by atoms with E-state index in [0.717, 1.165) is 16.8 Å². The van der Waals surface area contributed by atoms with E-state index >= 15 is 0 Å². The Bertz CT molecular complexity index is 499. The first kappa shape index (κ1) is 10.8. The first-order chi connectivity index (χ1) is 7.61. The molecule has 0 spiro atoms. The van der Waals surface area contributed by atoms with Crippen LogP contribution in [0, 0.1) is 6.92 Å². The van der Waals surface area contributed by atoms with E-state index in [9.17, 15) is 0 Å². The normalized spacial score (nSPS) is 10.4. The number of hydrogen-bond donors (Lipinski definition) is 2. The van der Waals surface area contributed by atoms with E-state index in [1.54, 1.807) is 13.2 Å². The van der Waals surface area contributed by atoms with Gasteiger partial charge in [0.25, 0.3) is 0 Å². The largest absolute Gasteiger partial charge is 0.495 e. The van der Waals surface area contributed by atoms with Crippen LogP contribution in [0.2, 0.25) is 5.02 Å². The molecule has 0 aliphatic rings. The molecule has 0 saturated carbocycles. The fourth-order valence-electron chi connectivity index (χ4n) is 1.63. The number of methoxy groups -OCH3 is 1. The molecule has 84 valence electrons. The Morgan fingerprint density at radius 2 is 2.12 bits per heavy atom. The molecule has 0 radical (unpaired) electrons. The van der Waals surface area contributed by atoms with E-state index in [0.29, 0.717) is 16.6 Å². The molecule has 0 saturated heterocycles. The van der Waals surface area contributed by atoms with Crippen molar-refractivity contribution >= 4 is 17.4 Å². The maximum absolute atomic E-state index is 6.10. The number of aromatic nitrogens is 2. The molecular formula is C11H12ClN3O. The number of rotatable bonds is 2. The third kappa shape index (κ3) is 1.84. The van der Waals surface area contributed by atoms with Crippen LogP contribution in [0.5, 0.6) is 5.75 Å². The zero-order valence-corrected chi connectivity index (χ0v) is 9.80. The van der Waals surface area contributed by atoms with Crippen LogP contribution in [0.4, 0.5) is 5.82 Å².